The van der Waals surface area contributed by atoms with Gasteiger partial charge in [0, 0.05) is 49.3 Å². The monoisotopic (exact) mass is 303 g/mol. The maximum Gasteiger partial charge on any atom is 0.0441 e. The Bertz CT molecular complexity index is 570. The Balaban J connectivity index is 2.18. The topological polar surface area (TPSA) is 28.2 Å². The number of hydrogen-bond donors (Lipinski definition) is 1. The van der Waals surface area contributed by atoms with E-state index in [9.17, 15) is 0 Å². The maximum absolute atomic E-state index is 6.17. The standard InChI is InChI=1S/C17H22ClN3/c1-13(2)20-11-15-6-7-16(18)9-17(15)21(3)12-14-5-4-8-19-10-14/h4-10,13,20H,11-12H2,1-3H3. The number of pyridine rings is 1. The van der Waals surface area contributed by atoms with Crippen molar-refractivity contribution in [2.24, 2.45) is 0 Å². The zero-order valence-electron chi connectivity index (χ0n) is 12.8. The normalized spacial score (nSPS) is 10.9. The van der Waals surface area contributed by atoms with Gasteiger partial charge in [0.05, 0.1) is 0 Å². The molecule has 1 N–H and O–H groups in total. The third kappa shape index (κ3) is 4.73. The summed E-state index contributed by atoms with van der Waals surface area (Å²) in [7, 11) is 2.08. The molecular formula is C17H22ClN3. The summed E-state index contributed by atoms with van der Waals surface area (Å²) in [5.41, 5.74) is 3.58. The van der Waals surface area contributed by atoms with Crippen molar-refractivity contribution in [3.8, 4) is 0 Å². The van der Waals surface area contributed by atoms with Crippen LogP contribution < -0.4 is 10.2 Å². The number of anilines is 1. The van der Waals surface area contributed by atoms with Crippen LogP contribution in [0.3, 0.4) is 0 Å². The largest absolute Gasteiger partial charge is 0.370 e. The van der Waals surface area contributed by atoms with E-state index in [1.54, 1.807) is 6.20 Å². The van der Waals surface area contributed by atoms with Crippen LogP contribution in [-0.2, 0) is 13.1 Å². The van der Waals surface area contributed by atoms with E-state index in [0.29, 0.717) is 6.04 Å². The van der Waals surface area contributed by atoms with Crippen LogP contribution in [0.25, 0.3) is 0 Å². The lowest BCUT2D eigenvalue weighted by Gasteiger charge is -2.23. The molecular weight excluding hydrogens is 282 g/mol. The molecule has 0 amide bonds. The zero-order valence-corrected chi connectivity index (χ0v) is 13.6. The van der Waals surface area contributed by atoms with E-state index in [0.717, 1.165) is 23.8 Å². The van der Waals surface area contributed by atoms with Crippen LogP contribution >= 0.6 is 11.6 Å². The fraction of sp³-hybridized carbons (Fsp3) is 0.353. The van der Waals surface area contributed by atoms with Crippen LogP contribution in [0.1, 0.15) is 25.0 Å². The van der Waals surface area contributed by atoms with Crippen LogP contribution in [0.2, 0.25) is 5.02 Å². The summed E-state index contributed by atoms with van der Waals surface area (Å²) >= 11 is 6.17. The van der Waals surface area contributed by atoms with Gasteiger partial charge in [-0.3, -0.25) is 4.98 Å². The quantitative estimate of drug-likeness (QED) is 0.878. The Morgan fingerprint density at radius 2 is 2.10 bits per heavy atom. The minimum absolute atomic E-state index is 0.456. The number of benzene rings is 1. The highest BCUT2D eigenvalue weighted by Crippen LogP contribution is 2.25. The first-order valence-corrected chi connectivity index (χ1v) is 7.56. The third-order valence-corrected chi connectivity index (χ3v) is 3.54. The van der Waals surface area contributed by atoms with Crippen molar-refractivity contribution in [3.05, 3.63) is 58.9 Å². The van der Waals surface area contributed by atoms with Gasteiger partial charge >= 0.3 is 0 Å². The molecule has 0 aliphatic rings. The van der Waals surface area contributed by atoms with E-state index in [1.165, 1.54) is 11.1 Å². The maximum atomic E-state index is 6.17. The summed E-state index contributed by atoms with van der Waals surface area (Å²) in [5.74, 6) is 0. The van der Waals surface area contributed by atoms with Crippen LogP contribution in [0.5, 0.6) is 0 Å². The molecule has 2 aromatic rings. The van der Waals surface area contributed by atoms with Gasteiger partial charge in [-0.05, 0) is 29.3 Å². The molecule has 3 nitrogen and oxygen atoms in total. The first kappa shape index (κ1) is 15.8. The van der Waals surface area contributed by atoms with Gasteiger partial charge in [-0.25, -0.2) is 0 Å². The lowest BCUT2D eigenvalue weighted by molar-refractivity contribution is 0.588. The smallest absolute Gasteiger partial charge is 0.0441 e. The second kappa shape index (κ2) is 7.43. The van der Waals surface area contributed by atoms with Crippen molar-refractivity contribution in [2.45, 2.75) is 33.0 Å². The minimum Gasteiger partial charge on any atom is -0.370 e. The van der Waals surface area contributed by atoms with E-state index in [1.807, 2.05) is 24.4 Å². The molecule has 0 aliphatic heterocycles. The second-order valence-corrected chi connectivity index (χ2v) is 5.96. The van der Waals surface area contributed by atoms with Crippen molar-refractivity contribution in [1.29, 1.82) is 0 Å². The molecule has 0 fully saturated rings. The van der Waals surface area contributed by atoms with Gasteiger partial charge in [-0.15, -0.1) is 0 Å². The van der Waals surface area contributed by atoms with Crippen molar-refractivity contribution >= 4 is 17.3 Å². The summed E-state index contributed by atoms with van der Waals surface area (Å²) in [6, 6.07) is 10.6. The molecule has 1 heterocycles. The highest BCUT2D eigenvalue weighted by Gasteiger charge is 2.09. The molecule has 2 rings (SSSR count). The number of rotatable bonds is 6. The Morgan fingerprint density at radius 1 is 1.29 bits per heavy atom. The van der Waals surface area contributed by atoms with Crippen molar-refractivity contribution in [1.82, 2.24) is 10.3 Å². The lowest BCUT2D eigenvalue weighted by atomic mass is 10.1. The van der Waals surface area contributed by atoms with Gasteiger partial charge in [0.15, 0.2) is 0 Å². The highest BCUT2D eigenvalue weighted by atomic mass is 35.5. The van der Waals surface area contributed by atoms with E-state index in [4.69, 9.17) is 11.6 Å². The molecule has 1 aromatic heterocycles. The molecule has 0 radical (unpaired) electrons. The molecule has 0 spiro atoms. The number of halogens is 1. The van der Waals surface area contributed by atoms with Gasteiger partial charge in [0.1, 0.15) is 0 Å². The lowest BCUT2D eigenvalue weighted by Crippen LogP contribution is -2.24. The summed E-state index contributed by atoms with van der Waals surface area (Å²) in [6.07, 6.45) is 3.69. The molecule has 0 atom stereocenters. The molecule has 0 unspecified atom stereocenters. The Morgan fingerprint density at radius 3 is 2.76 bits per heavy atom. The number of hydrogen-bond acceptors (Lipinski definition) is 3. The van der Waals surface area contributed by atoms with E-state index < -0.39 is 0 Å². The summed E-state index contributed by atoms with van der Waals surface area (Å²) in [6.45, 7) is 5.94. The van der Waals surface area contributed by atoms with Crippen molar-refractivity contribution in [2.75, 3.05) is 11.9 Å². The van der Waals surface area contributed by atoms with E-state index in [-0.39, 0.29) is 0 Å². The molecule has 21 heavy (non-hydrogen) atoms. The van der Waals surface area contributed by atoms with Gasteiger partial charge in [0.2, 0.25) is 0 Å². The molecule has 112 valence electrons. The fourth-order valence-corrected chi connectivity index (χ4v) is 2.37. The third-order valence-electron chi connectivity index (χ3n) is 3.30. The first-order valence-electron chi connectivity index (χ1n) is 7.18. The minimum atomic E-state index is 0.456. The Hall–Kier alpha value is -1.58. The summed E-state index contributed by atoms with van der Waals surface area (Å²) in [4.78, 5) is 6.37. The molecule has 4 heteroatoms. The van der Waals surface area contributed by atoms with Crippen LogP contribution in [-0.4, -0.2) is 18.1 Å². The Labute approximate surface area is 132 Å². The highest BCUT2D eigenvalue weighted by molar-refractivity contribution is 6.30. The van der Waals surface area contributed by atoms with Gasteiger partial charge in [0.25, 0.3) is 0 Å². The van der Waals surface area contributed by atoms with Gasteiger partial charge < -0.3 is 10.2 Å². The number of nitrogens with one attached hydrogen (secondary N) is 1. The second-order valence-electron chi connectivity index (χ2n) is 5.53. The Kier molecular flexibility index (Phi) is 5.59. The number of nitrogens with zero attached hydrogens (tertiary/aromatic N) is 2. The summed E-state index contributed by atoms with van der Waals surface area (Å²) in [5, 5.41) is 4.22. The average molecular weight is 304 g/mol. The SMILES string of the molecule is CC(C)NCc1ccc(Cl)cc1N(C)Cc1cccnc1. The van der Waals surface area contributed by atoms with E-state index >= 15 is 0 Å². The predicted molar refractivity (Wildman–Crippen MR) is 89.8 cm³/mol. The van der Waals surface area contributed by atoms with Crippen LogP contribution in [0, 0.1) is 0 Å². The van der Waals surface area contributed by atoms with Crippen LogP contribution in [0.4, 0.5) is 5.69 Å². The zero-order chi connectivity index (χ0) is 15.2. The molecule has 0 aliphatic carbocycles. The van der Waals surface area contributed by atoms with Crippen molar-refractivity contribution in [3.63, 3.8) is 0 Å². The first-order chi connectivity index (χ1) is 10.1. The van der Waals surface area contributed by atoms with Crippen molar-refractivity contribution < 1.29 is 0 Å². The molecule has 0 saturated heterocycles. The predicted octanol–water partition coefficient (Wildman–Crippen LogP) is 3.87. The van der Waals surface area contributed by atoms with Gasteiger partial charge in [-0.1, -0.05) is 37.6 Å². The average Bonchev–Trinajstić information content (AvgIpc) is 2.46. The number of aromatic nitrogens is 1. The molecule has 0 saturated carbocycles. The fourth-order valence-electron chi connectivity index (χ4n) is 2.21. The molecule has 1 aromatic carbocycles. The summed E-state index contributed by atoms with van der Waals surface area (Å²) < 4.78 is 0. The van der Waals surface area contributed by atoms with Gasteiger partial charge in [-0.2, -0.15) is 0 Å². The van der Waals surface area contributed by atoms with E-state index in [2.05, 4.69) is 48.2 Å². The van der Waals surface area contributed by atoms with Crippen LogP contribution in [0.15, 0.2) is 42.7 Å². The molecule has 0 bridgehead atoms.